The van der Waals surface area contributed by atoms with Gasteiger partial charge in [0.1, 0.15) is 29.2 Å². The highest BCUT2D eigenvalue weighted by Gasteiger charge is 2.41. The zero-order valence-electron chi connectivity index (χ0n) is 19.3. The van der Waals surface area contributed by atoms with Gasteiger partial charge in [-0.15, -0.1) is 0 Å². The number of para-hydroxylation sites is 1. The molecule has 2 N–H and O–H groups in total. The highest BCUT2D eigenvalue weighted by molar-refractivity contribution is 9.10. The molecular formula is C27H21BrF2N4O2S. The molecule has 0 saturated carbocycles. The molecule has 37 heavy (non-hydrogen) atoms. The molecule has 10 heteroatoms. The molecule has 0 radical (unpaired) electrons. The van der Waals surface area contributed by atoms with E-state index in [4.69, 9.17) is 16.6 Å². The molecule has 6 nitrogen and oxygen atoms in total. The van der Waals surface area contributed by atoms with Crippen molar-refractivity contribution in [2.45, 2.75) is 18.5 Å². The van der Waals surface area contributed by atoms with E-state index in [-0.39, 0.29) is 30.6 Å². The second-order valence-electron chi connectivity index (χ2n) is 8.42. The number of halogens is 3. The molecule has 1 fully saturated rings. The lowest BCUT2D eigenvalue weighted by molar-refractivity contribution is -0.116. The number of aromatic nitrogens is 1. The summed E-state index contributed by atoms with van der Waals surface area (Å²) in [6.07, 6.45) is 1.74. The van der Waals surface area contributed by atoms with Crippen LogP contribution in [0.3, 0.4) is 0 Å². The molecular weight excluding hydrogens is 562 g/mol. The second kappa shape index (κ2) is 10.8. The highest BCUT2D eigenvalue weighted by Crippen LogP contribution is 2.41. The number of hydrogen-bond acceptors (Lipinski definition) is 4. The molecule has 2 aromatic heterocycles. The SMILES string of the molecule is O=C(CCN1C(=S)N[C@H](c2ccccn2)[C@H]1c1ccc(-c2ccc(Br)cc2F)o1)Nc1ccccc1F. The van der Waals surface area contributed by atoms with Crippen LogP contribution < -0.4 is 10.6 Å². The summed E-state index contributed by atoms with van der Waals surface area (Å²) in [5.74, 6) is -0.376. The van der Waals surface area contributed by atoms with Gasteiger partial charge in [-0.1, -0.05) is 34.1 Å². The Hall–Kier alpha value is -3.63. The lowest BCUT2D eigenvalue weighted by Crippen LogP contribution is -2.32. The molecule has 3 heterocycles. The molecule has 1 amide bonds. The average molecular weight is 583 g/mol. The predicted molar refractivity (Wildman–Crippen MR) is 144 cm³/mol. The van der Waals surface area contributed by atoms with Crippen molar-refractivity contribution < 1.29 is 18.0 Å². The molecule has 0 aliphatic carbocycles. The Bertz CT molecular complexity index is 1450. The average Bonchev–Trinajstić information content (AvgIpc) is 3.49. The van der Waals surface area contributed by atoms with Crippen LogP contribution >= 0.6 is 28.1 Å². The minimum Gasteiger partial charge on any atom is -0.459 e. The Kier molecular flexibility index (Phi) is 7.29. The largest absolute Gasteiger partial charge is 0.459 e. The van der Waals surface area contributed by atoms with Gasteiger partial charge in [0.2, 0.25) is 5.91 Å². The summed E-state index contributed by atoms with van der Waals surface area (Å²) in [6.45, 7) is 0.239. The summed E-state index contributed by atoms with van der Waals surface area (Å²) in [4.78, 5) is 18.9. The molecule has 2 aromatic carbocycles. The number of anilines is 1. The van der Waals surface area contributed by atoms with Crippen LogP contribution in [0.25, 0.3) is 11.3 Å². The Morgan fingerprint density at radius 1 is 1.08 bits per heavy atom. The summed E-state index contributed by atoms with van der Waals surface area (Å²) >= 11 is 8.89. The van der Waals surface area contributed by atoms with E-state index in [1.54, 1.807) is 42.6 Å². The third kappa shape index (κ3) is 5.40. The van der Waals surface area contributed by atoms with Gasteiger partial charge in [-0.05, 0) is 66.8 Å². The zero-order valence-corrected chi connectivity index (χ0v) is 21.7. The molecule has 0 spiro atoms. The first-order chi connectivity index (χ1) is 17.9. The number of pyridine rings is 1. The minimum absolute atomic E-state index is 0.0521. The van der Waals surface area contributed by atoms with Crippen LogP contribution in [0.5, 0.6) is 0 Å². The molecule has 2 atom stereocenters. The van der Waals surface area contributed by atoms with Crippen LogP contribution in [0.15, 0.2) is 87.9 Å². The normalized spacial score (nSPS) is 17.1. The lowest BCUT2D eigenvalue weighted by Gasteiger charge is -2.25. The number of amides is 1. The molecule has 1 aliphatic rings. The van der Waals surface area contributed by atoms with Gasteiger partial charge in [0.15, 0.2) is 5.11 Å². The maximum absolute atomic E-state index is 14.6. The monoisotopic (exact) mass is 582 g/mol. The van der Waals surface area contributed by atoms with Gasteiger partial charge >= 0.3 is 0 Å². The first-order valence-corrected chi connectivity index (χ1v) is 12.7. The fourth-order valence-corrected chi connectivity index (χ4v) is 4.96. The number of nitrogens with one attached hydrogen (secondary N) is 2. The first kappa shape index (κ1) is 25.0. The standard InChI is InChI=1S/C27H21BrF2N4O2S/c28-16-8-9-17(19(30)15-16)22-10-11-23(36-22)26-25(21-7-3-4-13-31-21)33-27(37)34(26)14-12-24(35)32-20-6-2-1-5-18(20)29/h1-11,13,15,25-26H,12,14H2,(H,32,35)(H,33,37)/t25-,26-/m1/s1. The summed E-state index contributed by atoms with van der Waals surface area (Å²) in [5.41, 5.74) is 1.18. The zero-order chi connectivity index (χ0) is 25.9. The van der Waals surface area contributed by atoms with Gasteiger partial charge < -0.3 is 20.0 Å². The van der Waals surface area contributed by atoms with E-state index in [1.807, 2.05) is 23.1 Å². The molecule has 0 unspecified atom stereocenters. The maximum Gasteiger partial charge on any atom is 0.226 e. The van der Waals surface area contributed by atoms with Crippen LogP contribution in [0.1, 0.15) is 30.0 Å². The number of thiocarbonyl (C=S) groups is 1. The maximum atomic E-state index is 14.6. The predicted octanol–water partition coefficient (Wildman–Crippen LogP) is 6.38. The van der Waals surface area contributed by atoms with Gasteiger partial charge in [0.25, 0.3) is 0 Å². The van der Waals surface area contributed by atoms with Crippen molar-refractivity contribution in [3.8, 4) is 11.3 Å². The van der Waals surface area contributed by atoms with Crippen molar-refractivity contribution in [2.75, 3.05) is 11.9 Å². The van der Waals surface area contributed by atoms with Crippen LogP contribution in [0.2, 0.25) is 0 Å². The number of nitrogens with zero attached hydrogens (tertiary/aromatic N) is 2. The molecule has 188 valence electrons. The highest BCUT2D eigenvalue weighted by atomic mass is 79.9. The first-order valence-electron chi connectivity index (χ1n) is 11.5. The molecule has 4 aromatic rings. The van der Waals surface area contributed by atoms with Gasteiger partial charge in [-0.2, -0.15) is 0 Å². The fourth-order valence-electron chi connectivity index (χ4n) is 4.30. The summed E-state index contributed by atoms with van der Waals surface area (Å²) in [6, 6.07) is 19.0. The van der Waals surface area contributed by atoms with E-state index in [2.05, 4.69) is 31.5 Å². The fraction of sp³-hybridized carbons (Fsp3) is 0.148. The van der Waals surface area contributed by atoms with Crippen LogP contribution in [0, 0.1) is 11.6 Å². The number of hydrogen-bond donors (Lipinski definition) is 2. The van der Waals surface area contributed by atoms with E-state index in [0.717, 1.165) is 5.69 Å². The quantitative estimate of drug-likeness (QED) is 0.246. The number of carbonyl (C=O) groups is 1. The molecule has 5 rings (SSSR count). The van der Waals surface area contributed by atoms with E-state index >= 15 is 0 Å². The Morgan fingerprint density at radius 2 is 1.89 bits per heavy atom. The third-order valence-corrected chi connectivity index (χ3v) is 6.89. The van der Waals surface area contributed by atoms with Gasteiger partial charge in [-0.3, -0.25) is 9.78 Å². The number of benzene rings is 2. The van der Waals surface area contributed by atoms with Crippen molar-refractivity contribution >= 4 is 44.9 Å². The summed E-state index contributed by atoms with van der Waals surface area (Å²) in [5, 5.41) is 6.30. The molecule has 1 saturated heterocycles. The Labute approximate surface area is 225 Å². The number of furan rings is 1. The third-order valence-electron chi connectivity index (χ3n) is 6.04. The van der Waals surface area contributed by atoms with Crippen molar-refractivity contribution in [1.29, 1.82) is 0 Å². The second-order valence-corrected chi connectivity index (χ2v) is 9.73. The van der Waals surface area contributed by atoms with Gasteiger partial charge in [0, 0.05) is 23.6 Å². The minimum atomic E-state index is -0.509. The Morgan fingerprint density at radius 3 is 2.65 bits per heavy atom. The van der Waals surface area contributed by atoms with Crippen molar-refractivity contribution in [3.05, 3.63) is 107 Å². The Balaban J connectivity index is 1.42. The molecule has 0 bridgehead atoms. The number of carbonyl (C=O) groups excluding carboxylic acids is 1. The van der Waals surface area contributed by atoms with Crippen LogP contribution in [0.4, 0.5) is 14.5 Å². The van der Waals surface area contributed by atoms with Crippen LogP contribution in [-0.4, -0.2) is 27.4 Å². The summed E-state index contributed by atoms with van der Waals surface area (Å²) < 4.78 is 35.3. The van der Waals surface area contributed by atoms with E-state index in [9.17, 15) is 13.6 Å². The topological polar surface area (TPSA) is 70.4 Å². The van der Waals surface area contributed by atoms with Crippen molar-refractivity contribution in [3.63, 3.8) is 0 Å². The van der Waals surface area contributed by atoms with Gasteiger partial charge in [0.05, 0.1) is 23.0 Å². The van der Waals surface area contributed by atoms with Crippen LogP contribution in [-0.2, 0) is 4.79 Å². The van der Waals surface area contributed by atoms with Crippen molar-refractivity contribution in [1.82, 2.24) is 15.2 Å². The summed E-state index contributed by atoms with van der Waals surface area (Å²) in [7, 11) is 0. The smallest absolute Gasteiger partial charge is 0.226 e. The number of rotatable bonds is 7. The molecule has 1 aliphatic heterocycles. The van der Waals surface area contributed by atoms with E-state index in [0.29, 0.717) is 26.7 Å². The van der Waals surface area contributed by atoms with E-state index in [1.165, 1.54) is 18.2 Å². The van der Waals surface area contributed by atoms with E-state index < -0.39 is 17.7 Å². The lowest BCUT2D eigenvalue weighted by atomic mass is 10.0. The van der Waals surface area contributed by atoms with Gasteiger partial charge in [-0.25, -0.2) is 8.78 Å². The van der Waals surface area contributed by atoms with Crippen molar-refractivity contribution in [2.24, 2.45) is 0 Å².